The number of aryl methyl sites for hydroxylation is 1. The molecule has 0 bridgehead atoms. The van der Waals surface area contributed by atoms with E-state index in [0.717, 1.165) is 35.6 Å². The summed E-state index contributed by atoms with van der Waals surface area (Å²) in [5.74, 6) is -0.0742. The van der Waals surface area contributed by atoms with Crippen molar-refractivity contribution in [1.29, 1.82) is 0 Å². The smallest absolute Gasteiger partial charge is 0.336 e. The van der Waals surface area contributed by atoms with Crippen molar-refractivity contribution in [3.05, 3.63) is 53.0 Å². The number of benzene rings is 1. The van der Waals surface area contributed by atoms with Crippen molar-refractivity contribution >= 4 is 11.8 Å². The average molecular weight is 269 g/mol. The van der Waals surface area contributed by atoms with E-state index in [2.05, 4.69) is 14.9 Å². The highest BCUT2D eigenvalue weighted by molar-refractivity contribution is 5.90. The fourth-order valence-electron chi connectivity index (χ4n) is 2.58. The van der Waals surface area contributed by atoms with Crippen LogP contribution in [0.1, 0.15) is 27.2 Å². The second-order valence-electron chi connectivity index (χ2n) is 4.94. The van der Waals surface area contributed by atoms with Gasteiger partial charge in [0.2, 0.25) is 0 Å². The summed E-state index contributed by atoms with van der Waals surface area (Å²) in [5.41, 5.74) is 3.24. The summed E-state index contributed by atoms with van der Waals surface area (Å²) >= 11 is 0. The van der Waals surface area contributed by atoms with E-state index in [9.17, 15) is 9.90 Å². The zero-order valence-electron chi connectivity index (χ0n) is 11.2. The average Bonchev–Trinajstić information content (AvgIpc) is 2.46. The van der Waals surface area contributed by atoms with Crippen molar-refractivity contribution in [2.24, 2.45) is 0 Å². The number of aromatic carboxylic acids is 1. The molecule has 20 heavy (non-hydrogen) atoms. The van der Waals surface area contributed by atoms with Crippen molar-refractivity contribution in [2.75, 3.05) is 11.4 Å². The zero-order chi connectivity index (χ0) is 14.1. The van der Waals surface area contributed by atoms with Gasteiger partial charge >= 0.3 is 5.97 Å². The molecule has 0 fully saturated rings. The molecule has 5 nitrogen and oxygen atoms in total. The Kier molecular flexibility index (Phi) is 3.10. The van der Waals surface area contributed by atoms with E-state index in [1.807, 2.05) is 19.1 Å². The molecule has 2 aromatic rings. The number of nitrogens with zero attached hydrogens (tertiary/aromatic N) is 3. The number of aromatic nitrogens is 2. The first kappa shape index (κ1) is 12.6. The lowest BCUT2D eigenvalue weighted by molar-refractivity contribution is 0.0695. The van der Waals surface area contributed by atoms with Crippen LogP contribution in [0.4, 0.5) is 5.82 Å². The molecule has 0 spiro atoms. The van der Waals surface area contributed by atoms with E-state index in [1.54, 1.807) is 18.5 Å². The van der Waals surface area contributed by atoms with E-state index < -0.39 is 5.97 Å². The summed E-state index contributed by atoms with van der Waals surface area (Å²) in [6.07, 6.45) is 4.26. The van der Waals surface area contributed by atoms with Gasteiger partial charge in [-0.25, -0.2) is 9.78 Å². The number of rotatable bonds is 2. The van der Waals surface area contributed by atoms with Gasteiger partial charge in [-0.15, -0.1) is 0 Å². The summed E-state index contributed by atoms with van der Waals surface area (Å²) in [6.45, 7) is 3.29. The van der Waals surface area contributed by atoms with Crippen LogP contribution >= 0.6 is 0 Å². The molecule has 1 aliphatic rings. The second-order valence-corrected chi connectivity index (χ2v) is 4.94. The highest BCUT2D eigenvalue weighted by Gasteiger charge is 2.22. The molecular weight excluding hydrogens is 254 g/mol. The largest absolute Gasteiger partial charge is 0.478 e. The maximum atomic E-state index is 11.3. The molecule has 2 heterocycles. The molecule has 1 aliphatic heterocycles. The van der Waals surface area contributed by atoms with Gasteiger partial charge in [0.05, 0.1) is 17.5 Å². The maximum absolute atomic E-state index is 11.3. The third-order valence-electron chi connectivity index (χ3n) is 3.57. The summed E-state index contributed by atoms with van der Waals surface area (Å²) < 4.78 is 0. The lowest BCUT2D eigenvalue weighted by Gasteiger charge is -2.30. The SMILES string of the molecule is Cc1cncc(N2CCc3cccc(C(=O)O)c3C2)n1. The number of hydrogen-bond acceptors (Lipinski definition) is 4. The van der Waals surface area contributed by atoms with Gasteiger partial charge in [0.15, 0.2) is 0 Å². The third-order valence-corrected chi connectivity index (χ3v) is 3.57. The molecule has 0 saturated carbocycles. The van der Waals surface area contributed by atoms with Gasteiger partial charge in [0.25, 0.3) is 0 Å². The van der Waals surface area contributed by atoms with Gasteiger partial charge < -0.3 is 10.0 Å². The molecular formula is C15H15N3O2. The van der Waals surface area contributed by atoms with Gasteiger partial charge in [0.1, 0.15) is 5.82 Å². The van der Waals surface area contributed by atoms with Crippen LogP contribution in [0.2, 0.25) is 0 Å². The van der Waals surface area contributed by atoms with Crippen molar-refractivity contribution in [3.63, 3.8) is 0 Å². The normalized spacial score (nSPS) is 13.9. The predicted molar refractivity (Wildman–Crippen MR) is 74.9 cm³/mol. The first-order valence-electron chi connectivity index (χ1n) is 6.53. The first-order chi connectivity index (χ1) is 9.65. The maximum Gasteiger partial charge on any atom is 0.336 e. The van der Waals surface area contributed by atoms with E-state index in [4.69, 9.17) is 0 Å². The molecule has 3 rings (SSSR count). The Labute approximate surface area is 116 Å². The molecule has 102 valence electrons. The van der Waals surface area contributed by atoms with Crippen LogP contribution in [-0.4, -0.2) is 27.6 Å². The minimum absolute atomic E-state index is 0.382. The standard InChI is InChI=1S/C15H15N3O2/c1-10-7-16-8-14(17-10)18-6-5-11-3-2-4-12(15(19)20)13(11)9-18/h2-4,7-8H,5-6,9H2,1H3,(H,19,20). The lowest BCUT2D eigenvalue weighted by atomic mass is 9.95. The van der Waals surface area contributed by atoms with E-state index in [0.29, 0.717) is 12.1 Å². The van der Waals surface area contributed by atoms with Gasteiger partial charge in [-0.05, 0) is 30.5 Å². The zero-order valence-corrected chi connectivity index (χ0v) is 11.2. The van der Waals surface area contributed by atoms with E-state index >= 15 is 0 Å². The van der Waals surface area contributed by atoms with Gasteiger partial charge in [-0.1, -0.05) is 12.1 Å². The van der Waals surface area contributed by atoms with Gasteiger partial charge in [0, 0.05) is 19.3 Å². The molecule has 1 N–H and O–H groups in total. The van der Waals surface area contributed by atoms with Crippen LogP contribution in [0, 0.1) is 6.92 Å². The molecule has 0 radical (unpaired) electrons. The summed E-state index contributed by atoms with van der Waals surface area (Å²) in [7, 11) is 0. The van der Waals surface area contributed by atoms with Crippen molar-refractivity contribution in [1.82, 2.24) is 9.97 Å². The molecule has 1 aromatic heterocycles. The summed E-state index contributed by atoms with van der Waals surface area (Å²) in [4.78, 5) is 22.0. The Morgan fingerprint density at radius 2 is 2.20 bits per heavy atom. The highest BCUT2D eigenvalue weighted by atomic mass is 16.4. The fraction of sp³-hybridized carbons (Fsp3) is 0.267. The van der Waals surface area contributed by atoms with Crippen LogP contribution in [0.3, 0.4) is 0 Å². The van der Waals surface area contributed by atoms with Crippen molar-refractivity contribution < 1.29 is 9.90 Å². The van der Waals surface area contributed by atoms with Crippen LogP contribution < -0.4 is 4.90 Å². The van der Waals surface area contributed by atoms with Crippen molar-refractivity contribution in [3.8, 4) is 0 Å². The lowest BCUT2D eigenvalue weighted by Crippen LogP contribution is -2.32. The Balaban J connectivity index is 1.97. The van der Waals surface area contributed by atoms with Crippen LogP contribution in [0.5, 0.6) is 0 Å². The number of carboxylic acids is 1. The van der Waals surface area contributed by atoms with Gasteiger partial charge in [-0.3, -0.25) is 4.98 Å². The quantitative estimate of drug-likeness (QED) is 0.903. The Hall–Kier alpha value is -2.43. The van der Waals surface area contributed by atoms with Crippen molar-refractivity contribution in [2.45, 2.75) is 19.9 Å². The summed E-state index contributed by atoms with van der Waals surface area (Å²) in [6, 6.07) is 5.47. The summed E-state index contributed by atoms with van der Waals surface area (Å²) in [5, 5.41) is 9.30. The van der Waals surface area contributed by atoms with Crippen LogP contribution in [-0.2, 0) is 13.0 Å². The monoisotopic (exact) mass is 269 g/mol. The number of anilines is 1. The second kappa shape index (κ2) is 4.92. The molecule has 1 aromatic carbocycles. The Bertz CT molecular complexity index is 670. The van der Waals surface area contributed by atoms with Crippen LogP contribution in [0.15, 0.2) is 30.6 Å². The van der Waals surface area contributed by atoms with Crippen LogP contribution in [0.25, 0.3) is 0 Å². The third kappa shape index (κ3) is 2.22. The molecule has 0 atom stereocenters. The molecule has 5 heteroatoms. The Morgan fingerprint density at radius 3 is 2.95 bits per heavy atom. The predicted octanol–water partition coefficient (Wildman–Crippen LogP) is 2.05. The first-order valence-corrected chi connectivity index (χ1v) is 6.53. The molecule has 0 unspecified atom stereocenters. The minimum Gasteiger partial charge on any atom is -0.478 e. The van der Waals surface area contributed by atoms with E-state index in [1.165, 1.54) is 0 Å². The molecule has 0 saturated heterocycles. The number of carboxylic acid groups (broad SMARTS) is 1. The highest BCUT2D eigenvalue weighted by Crippen LogP contribution is 2.25. The number of fused-ring (bicyclic) bond motifs is 1. The topological polar surface area (TPSA) is 66.3 Å². The minimum atomic E-state index is -0.876. The number of hydrogen-bond donors (Lipinski definition) is 1. The fourth-order valence-corrected chi connectivity index (χ4v) is 2.58. The Morgan fingerprint density at radius 1 is 1.35 bits per heavy atom. The van der Waals surface area contributed by atoms with E-state index in [-0.39, 0.29) is 0 Å². The molecule has 0 amide bonds. The number of carbonyl (C=O) groups is 1. The molecule has 0 aliphatic carbocycles. The van der Waals surface area contributed by atoms with Gasteiger partial charge in [-0.2, -0.15) is 0 Å².